The zero-order chi connectivity index (χ0) is 17.1. The van der Waals surface area contributed by atoms with Crippen LogP contribution in [-0.2, 0) is 6.42 Å². The summed E-state index contributed by atoms with van der Waals surface area (Å²) in [5, 5.41) is 20.1. The lowest BCUT2D eigenvalue weighted by Crippen LogP contribution is -2.43. The van der Waals surface area contributed by atoms with E-state index in [0.29, 0.717) is 23.5 Å². The summed E-state index contributed by atoms with van der Waals surface area (Å²) in [5.41, 5.74) is 2.69. The molecule has 2 fully saturated rings. The van der Waals surface area contributed by atoms with E-state index in [4.69, 9.17) is 0 Å². The third kappa shape index (κ3) is 2.48. The molecule has 2 saturated carbocycles. The molecule has 0 radical (unpaired) electrons. The van der Waals surface area contributed by atoms with Gasteiger partial charge in [-0.3, -0.25) is 0 Å². The van der Waals surface area contributed by atoms with E-state index in [2.05, 4.69) is 13.0 Å². The minimum atomic E-state index is -0.212. The number of rotatable bonds is 1. The van der Waals surface area contributed by atoms with Gasteiger partial charge in [-0.1, -0.05) is 13.0 Å². The monoisotopic (exact) mass is 330 g/mol. The van der Waals surface area contributed by atoms with Crippen molar-refractivity contribution in [3.63, 3.8) is 0 Å². The molecule has 2 N–H and O–H groups in total. The number of aliphatic hydroxyl groups is 1. The average Bonchev–Trinajstić information content (AvgIpc) is 2.80. The van der Waals surface area contributed by atoms with Gasteiger partial charge in [-0.15, -0.1) is 0 Å². The van der Waals surface area contributed by atoms with Crippen LogP contribution in [0.2, 0.25) is 0 Å². The summed E-state index contributed by atoms with van der Waals surface area (Å²) in [4.78, 5) is 0. The lowest BCUT2D eigenvalue weighted by molar-refractivity contribution is 0.0386. The first-order valence-corrected chi connectivity index (χ1v) is 9.21. The molecular formula is C21H27FO2. The highest BCUT2D eigenvalue weighted by molar-refractivity contribution is 5.41. The van der Waals surface area contributed by atoms with Crippen LogP contribution in [0, 0.1) is 23.2 Å². The topological polar surface area (TPSA) is 40.5 Å². The minimum absolute atomic E-state index is 0.117. The van der Waals surface area contributed by atoms with Gasteiger partial charge in [0.2, 0.25) is 0 Å². The summed E-state index contributed by atoms with van der Waals surface area (Å²) in [5.74, 6) is 1.59. The molecule has 3 aliphatic carbocycles. The Labute approximate surface area is 143 Å². The molecule has 0 aliphatic heterocycles. The van der Waals surface area contributed by atoms with Crippen LogP contribution in [0.15, 0.2) is 30.1 Å². The van der Waals surface area contributed by atoms with Gasteiger partial charge in [-0.25, -0.2) is 4.39 Å². The highest BCUT2D eigenvalue weighted by Gasteiger charge is 2.54. The first-order chi connectivity index (χ1) is 11.4. The molecule has 2 nitrogen and oxygen atoms in total. The number of phenolic OH excluding ortho intramolecular Hbond substituents is 1. The van der Waals surface area contributed by atoms with Crippen molar-refractivity contribution < 1.29 is 14.6 Å². The van der Waals surface area contributed by atoms with Crippen molar-refractivity contribution in [2.45, 2.75) is 58.0 Å². The standard InChI is InChI=1S/C21H27FO2/c1-12(22)7-14-8-13-9-15(23)3-4-17(13)18-5-6-21(2)11-16(24)10-19(21)20(14)18/h3-4,7,9,14,16,18-20,23-24H,5-6,8,10-11H2,1-2H3/t14-,16-,18+,19-,20+,21+/m0/s1. The number of benzene rings is 1. The second kappa shape index (κ2) is 5.59. The quantitative estimate of drug-likeness (QED) is 0.783. The number of fused-ring (bicyclic) bond motifs is 5. The maximum absolute atomic E-state index is 13.8. The van der Waals surface area contributed by atoms with Crippen molar-refractivity contribution in [1.82, 2.24) is 0 Å². The Hall–Kier alpha value is -1.35. The van der Waals surface area contributed by atoms with E-state index in [9.17, 15) is 14.6 Å². The predicted molar refractivity (Wildman–Crippen MR) is 92.5 cm³/mol. The molecule has 0 bridgehead atoms. The third-order valence-electron chi connectivity index (χ3n) is 7.00. The maximum Gasteiger partial charge on any atom is 0.115 e. The Morgan fingerprint density at radius 1 is 1.38 bits per heavy atom. The van der Waals surface area contributed by atoms with Gasteiger partial charge in [-0.2, -0.15) is 0 Å². The van der Waals surface area contributed by atoms with E-state index >= 15 is 0 Å². The Bertz CT molecular complexity index is 678. The van der Waals surface area contributed by atoms with E-state index in [0.717, 1.165) is 32.1 Å². The first-order valence-electron chi connectivity index (χ1n) is 9.21. The molecule has 24 heavy (non-hydrogen) atoms. The minimum Gasteiger partial charge on any atom is -0.508 e. The molecule has 4 rings (SSSR count). The van der Waals surface area contributed by atoms with Crippen LogP contribution in [-0.4, -0.2) is 16.3 Å². The molecule has 130 valence electrons. The number of aliphatic hydroxyl groups excluding tert-OH is 1. The zero-order valence-electron chi connectivity index (χ0n) is 14.5. The molecule has 1 aromatic rings. The second-order valence-corrected chi connectivity index (χ2v) is 8.58. The van der Waals surface area contributed by atoms with Gasteiger partial charge in [0.25, 0.3) is 0 Å². The first kappa shape index (κ1) is 16.1. The van der Waals surface area contributed by atoms with E-state index < -0.39 is 0 Å². The zero-order valence-corrected chi connectivity index (χ0v) is 14.5. The Balaban J connectivity index is 1.80. The van der Waals surface area contributed by atoms with Gasteiger partial charge in [0.15, 0.2) is 0 Å². The molecule has 0 spiro atoms. The summed E-state index contributed by atoms with van der Waals surface area (Å²) >= 11 is 0. The molecule has 0 unspecified atom stereocenters. The molecular weight excluding hydrogens is 303 g/mol. The van der Waals surface area contributed by atoms with Crippen molar-refractivity contribution in [2.75, 3.05) is 0 Å². The third-order valence-corrected chi connectivity index (χ3v) is 7.00. The van der Waals surface area contributed by atoms with Gasteiger partial charge in [0.05, 0.1) is 11.9 Å². The number of aromatic hydroxyl groups is 1. The van der Waals surface area contributed by atoms with Gasteiger partial charge in [-0.05, 0) is 97.5 Å². The van der Waals surface area contributed by atoms with Crippen molar-refractivity contribution in [1.29, 1.82) is 0 Å². The fraction of sp³-hybridized carbons (Fsp3) is 0.619. The Kier molecular flexibility index (Phi) is 3.76. The van der Waals surface area contributed by atoms with Gasteiger partial charge < -0.3 is 10.2 Å². The smallest absolute Gasteiger partial charge is 0.115 e. The largest absolute Gasteiger partial charge is 0.508 e. The molecule has 3 aliphatic rings. The van der Waals surface area contributed by atoms with Crippen molar-refractivity contribution in [2.24, 2.45) is 23.2 Å². The lowest BCUT2D eigenvalue weighted by atomic mass is 9.53. The van der Waals surface area contributed by atoms with E-state index in [1.54, 1.807) is 12.1 Å². The Morgan fingerprint density at radius 3 is 2.92 bits per heavy atom. The van der Waals surface area contributed by atoms with E-state index in [1.165, 1.54) is 18.1 Å². The molecule has 0 amide bonds. The van der Waals surface area contributed by atoms with Crippen molar-refractivity contribution in [3.05, 3.63) is 41.2 Å². The summed E-state index contributed by atoms with van der Waals surface area (Å²) in [7, 11) is 0. The Morgan fingerprint density at radius 2 is 2.17 bits per heavy atom. The van der Waals surface area contributed by atoms with E-state index in [-0.39, 0.29) is 23.3 Å². The van der Waals surface area contributed by atoms with Crippen LogP contribution in [0.1, 0.15) is 56.6 Å². The van der Waals surface area contributed by atoms with Crippen LogP contribution >= 0.6 is 0 Å². The molecule has 1 aromatic carbocycles. The highest BCUT2D eigenvalue weighted by atomic mass is 19.1. The number of halogens is 1. The van der Waals surface area contributed by atoms with Crippen LogP contribution in [0.3, 0.4) is 0 Å². The number of allylic oxidation sites excluding steroid dienone is 2. The fourth-order valence-electron chi connectivity index (χ4n) is 6.16. The highest BCUT2D eigenvalue weighted by Crippen LogP contribution is 2.62. The molecule has 0 aromatic heterocycles. The molecule has 0 saturated heterocycles. The van der Waals surface area contributed by atoms with Crippen LogP contribution in [0.5, 0.6) is 5.75 Å². The SMILES string of the molecule is CC(F)=C[C@H]1Cc2cc(O)ccc2[C@H]2CC[C@]3(C)C[C@@H](O)C[C@H]3[C@@H]21. The second-order valence-electron chi connectivity index (χ2n) is 8.58. The number of hydrogen-bond donors (Lipinski definition) is 2. The van der Waals surface area contributed by atoms with Gasteiger partial charge in [0, 0.05) is 0 Å². The average molecular weight is 330 g/mol. The van der Waals surface area contributed by atoms with Gasteiger partial charge in [0.1, 0.15) is 5.75 Å². The summed E-state index contributed by atoms with van der Waals surface area (Å²) in [6.07, 6.45) is 6.32. The van der Waals surface area contributed by atoms with Crippen LogP contribution < -0.4 is 0 Å². The van der Waals surface area contributed by atoms with Crippen molar-refractivity contribution in [3.8, 4) is 5.75 Å². The van der Waals surface area contributed by atoms with Gasteiger partial charge >= 0.3 is 0 Å². The fourth-order valence-corrected chi connectivity index (χ4v) is 6.16. The number of phenols is 1. The lowest BCUT2D eigenvalue weighted by Gasteiger charge is -2.51. The van der Waals surface area contributed by atoms with Crippen molar-refractivity contribution >= 4 is 0 Å². The van der Waals surface area contributed by atoms with Crippen LogP contribution in [0.4, 0.5) is 4.39 Å². The van der Waals surface area contributed by atoms with Crippen LogP contribution in [0.25, 0.3) is 0 Å². The normalized spacial score (nSPS) is 41.5. The van der Waals surface area contributed by atoms with E-state index in [1.807, 2.05) is 6.07 Å². The molecule has 0 heterocycles. The molecule has 3 heteroatoms. The summed E-state index contributed by atoms with van der Waals surface area (Å²) < 4.78 is 13.8. The summed E-state index contributed by atoms with van der Waals surface area (Å²) in [6.45, 7) is 3.85. The number of hydrogen-bond acceptors (Lipinski definition) is 2. The predicted octanol–water partition coefficient (Wildman–Crippen LogP) is 4.71. The maximum atomic E-state index is 13.8. The molecule has 6 atom stereocenters. The summed E-state index contributed by atoms with van der Waals surface area (Å²) in [6, 6.07) is 5.71.